The first-order valence-corrected chi connectivity index (χ1v) is 7.45. The van der Waals surface area contributed by atoms with Gasteiger partial charge < -0.3 is 4.57 Å². The van der Waals surface area contributed by atoms with E-state index in [1.165, 1.54) is 12.1 Å². The van der Waals surface area contributed by atoms with Crippen molar-refractivity contribution in [1.82, 2.24) is 4.57 Å². The predicted molar refractivity (Wildman–Crippen MR) is 94.1 cm³/mol. The highest BCUT2D eigenvalue weighted by Gasteiger charge is 2.11. The number of nitriles is 2. The van der Waals surface area contributed by atoms with Crippen molar-refractivity contribution < 1.29 is 4.92 Å². The lowest BCUT2D eigenvalue weighted by atomic mass is 10.0. The number of nitrogens with zero attached hydrogens (tertiary/aromatic N) is 4. The quantitative estimate of drug-likeness (QED) is 0.408. The second-order valence-corrected chi connectivity index (χ2v) is 5.36. The number of non-ortho nitro benzene ring substituents is 1. The molecule has 0 aliphatic rings. The van der Waals surface area contributed by atoms with Gasteiger partial charge in [0.15, 0.2) is 0 Å². The smallest absolute Gasteiger partial charge is 0.270 e. The molecule has 0 saturated heterocycles. The number of hydrogen-bond donors (Lipinski definition) is 0. The molecule has 3 aromatic rings. The van der Waals surface area contributed by atoms with Gasteiger partial charge in [-0.3, -0.25) is 10.1 Å². The van der Waals surface area contributed by atoms with Crippen LogP contribution in [0.4, 0.5) is 5.69 Å². The molecule has 0 atom stereocenters. The van der Waals surface area contributed by atoms with E-state index in [0.717, 1.165) is 16.5 Å². The summed E-state index contributed by atoms with van der Waals surface area (Å²) in [6.07, 6.45) is 3.50. The number of aromatic nitrogens is 1. The lowest BCUT2D eigenvalue weighted by Crippen LogP contribution is -1.91. The molecule has 1 heterocycles. The summed E-state index contributed by atoms with van der Waals surface area (Å²) in [6, 6.07) is 17.8. The molecule has 1 aromatic heterocycles. The van der Waals surface area contributed by atoms with Gasteiger partial charge in [0.25, 0.3) is 5.69 Å². The van der Waals surface area contributed by atoms with Crippen molar-refractivity contribution >= 4 is 28.2 Å². The first kappa shape index (κ1) is 16.0. The first-order chi connectivity index (χ1) is 12.1. The Bertz CT molecular complexity index is 1080. The molecule has 2 aromatic carbocycles. The van der Waals surface area contributed by atoms with Gasteiger partial charge in [-0.1, -0.05) is 30.3 Å². The predicted octanol–water partition coefficient (Wildman–Crippen LogP) is 4.14. The minimum Gasteiger partial charge on any atom is -0.333 e. The molecule has 0 amide bonds. The lowest BCUT2D eigenvalue weighted by Gasteiger charge is -1.99. The van der Waals surface area contributed by atoms with Crippen molar-refractivity contribution in [1.29, 1.82) is 10.5 Å². The maximum absolute atomic E-state index is 10.9. The maximum Gasteiger partial charge on any atom is 0.270 e. The summed E-state index contributed by atoms with van der Waals surface area (Å²) in [5.74, 6) is 0. The molecule has 0 unspecified atom stereocenters. The van der Waals surface area contributed by atoms with Gasteiger partial charge in [-0.15, -0.1) is 0 Å². The van der Waals surface area contributed by atoms with Crippen molar-refractivity contribution in [2.45, 2.75) is 6.54 Å². The van der Waals surface area contributed by atoms with E-state index in [1.807, 2.05) is 35.0 Å². The van der Waals surface area contributed by atoms with Gasteiger partial charge in [0.1, 0.15) is 6.54 Å². The molecule has 0 aliphatic carbocycles. The van der Waals surface area contributed by atoms with Crippen molar-refractivity contribution in [2.24, 2.45) is 0 Å². The molecule has 25 heavy (non-hydrogen) atoms. The fourth-order valence-corrected chi connectivity index (χ4v) is 2.72. The third-order valence-corrected chi connectivity index (χ3v) is 3.85. The van der Waals surface area contributed by atoms with Gasteiger partial charge in [-0.25, -0.2) is 0 Å². The molecule has 3 rings (SSSR count). The number of rotatable bonds is 4. The SMILES string of the molecule is N#CCn1cc(/C=C(/C#N)c2cccc([N+](=O)[O-])c2)c2ccccc21. The Morgan fingerprint density at radius 2 is 2.00 bits per heavy atom. The molecule has 0 bridgehead atoms. The highest BCUT2D eigenvalue weighted by molar-refractivity contribution is 5.98. The van der Waals surface area contributed by atoms with E-state index in [1.54, 1.807) is 18.2 Å². The van der Waals surface area contributed by atoms with Gasteiger partial charge in [-0.05, 0) is 17.7 Å². The zero-order valence-electron chi connectivity index (χ0n) is 13.1. The van der Waals surface area contributed by atoms with E-state index < -0.39 is 4.92 Å². The Balaban J connectivity index is 2.14. The van der Waals surface area contributed by atoms with Crippen LogP contribution in [0.5, 0.6) is 0 Å². The largest absolute Gasteiger partial charge is 0.333 e. The molecule has 0 saturated carbocycles. The summed E-state index contributed by atoms with van der Waals surface area (Å²) < 4.78 is 1.81. The highest BCUT2D eigenvalue weighted by Crippen LogP contribution is 2.27. The Morgan fingerprint density at radius 1 is 1.20 bits per heavy atom. The summed E-state index contributed by atoms with van der Waals surface area (Å²) in [7, 11) is 0. The van der Waals surface area contributed by atoms with Gasteiger partial charge >= 0.3 is 0 Å². The molecule has 6 nitrogen and oxygen atoms in total. The molecule has 0 fully saturated rings. The van der Waals surface area contributed by atoms with Crippen molar-refractivity contribution in [3.63, 3.8) is 0 Å². The summed E-state index contributed by atoms with van der Waals surface area (Å²) in [6.45, 7) is 0.201. The number of nitro groups is 1. The van der Waals surface area contributed by atoms with Crippen LogP contribution in [0.25, 0.3) is 22.6 Å². The Hall–Kier alpha value is -3.90. The van der Waals surface area contributed by atoms with Crippen molar-refractivity contribution in [3.8, 4) is 12.1 Å². The number of hydrogen-bond acceptors (Lipinski definition) is 4. The van der Waals surface area contributed by atoms with Crippen molar-refractivity contribution in [2.75, 3.05) is 0 Å². The fourth-order valence-electron chi connectivity index (χ4n) is 2.72. The maximum atomic E-state index is 10.9. The molecule has 0 N–H and O–H groups in total. The summed E-state index contributed by atoms with van der Waals surface area (Å²) in [5, 5.41) is 30.3. The van der Waals surface area contributed by atoms with E-state index in [9.17, 15) is 15.4 Å². The zero-order valence-corrected chi connectivity index (χ0v) is 13.1. The number of benzene rings is 2. The average molecular weight is 328 g/mol. The van der Waals surface area contributed by atoms with E-state index >= 15 is 0 Å². The first-order valence-electron chi connectivity index (χ1n) is 7.45. The average Bonchev–Trinajstić information content (AvgIpc) is 2.98. The van der Waals surface area contributed by atoms with Crippen LogP contribution in [0.2, 0.25) is 0 Å². The topological polar surface area (TPSA) is 95.7 Å². The third kappa shape index (κ3) is 3.10. The molecule has 0 radical (unpaired) electrons. The second kappa shape index (κ2) is 6.69. The number of nitro benzene ring substituents is 1. The number of fused-ring (bicyclic) bond motifs is 1. The van der Waals surface area contributed by atoms with E-state index in [4.69, 9.17) is 5.26 Å². The zero-order chi connectivity index (χ0) is 17.8. The second-order valence-electron chi connectivity index (χ2n) is 5.36. The Labute approximate surface area is 143 Å². The van der Waals surface area contributed by atoms with Crippen LogP contribution in [-0.4, -0.2) is 9.49 Å². The molecular formula is C19H12N4O2. The molecule has 6 heteroatoms. The van der Waals surface area contributed by atoms with Gasteiger partial charge in [0, 0.05) is 34.8 Å². The molecular weight excluding hydrogens is 316 g/mol. The summed E-state index contributed by atoms with van der Waals surface area (Å²) in [5.41, 5.74) is 2.42. The van der Waals surface area contributed by atoms with E-state index in [0.29, 0.717) is 11.1 Å². The lowest BCUT2D eigenvalue weighted by molar-refractivity contribution is -0.384. The van der Waals surface area contributed by atoms with Gasteiger partial charge in [-0.2, -0.15) is 10.5 Å². The Morgan fingerprint density at radius 3 is 2.72 bits per heavy atom. The number of para-hydroxylation sites is 1. The monoisotopic (exact) mass is 328 g/mol. The molecule has 0 aliphatic heterocycles. The van der Waals surface area contributed by atoms with E-state index in [-0.39, 0.29) is 12.2 Å². The minimum absolute atomic E-state index is 0.0643. The fraction of sp³-hybridized carbons (Fsp3) is 0.0526. The highest BCUT2D eigenvalue weighted by atomic mass is 16.6. The van der Waals surface area contributed by atoms with Crippen LogP contribution in [0, 0.1) is 32.8 Å². The number of allylic oxidation sites excluding steroid dienone is 1. The third-order valence-electron chi connectivity index (χ3n) is 3.85. The van der Waals surface area contributed by atoms with Crippen LogP contribution in [0.1, 0.15) is 11.1 Å². The van der Waals surface area contributed by atoms with E-state index in [2.05, 4.69) is 12.1 Å². The summed E-state index contributed by atoms with van der Waals surface area (Å²) in [4.78, 5) is 10.5. The molecule has 0 spiro atoms. The summed E-state index contributed by atoms with van der Waals surface area (Å²) >= 11 is 0. The normalized spacial score (nSPS) is 11.0. The van der Waals surface area contributed by atoms with Crippen LogP contribution >= 0.6 is 0 Å². The van der Waals surface area contributed by atoms with Crippen LogP contribution in [0.3, 0.4) is 0 Å². The van der Waals surface area contributed by atoms with Crippen LogP contribution < -0.4 is 0 Å². The van der Waals surface area contributed by atoms with Gasteiger partial charge in [0.05, 0.1) is 22.6 Å². The van der Waals surface area contributed by atoms with Crippen LogP contribution in [0.15, 0.2) is 54.7 Å². The molecule has 120 valence electrons. The Kier molecular flexibility index (Phi) is 4.28. The standard InChI is InChI=1S/C19H12N4O2/c20-8-9-22-13-16(18-6-1-2-7-19(18)22)10-15(12-21)14-4-3-5-17(11-14)23(24)25/h1-7,10-11,13H,9H2/b15-10-. The van der Waals surface area contributed by atoms with Crippen LogP contribution in [-0.2, 0) is 6.54 Å². The van der Waals surface area contributed by atoms with Crippen molar-refractivity contribution in [3.05, 3.63) is 76.0 Å². The van der Waals surface area contributed by atoms with Gasteiger partial charge in [0.2, 0.25) is 0 Å². The minimum atomic E-state index is -0.489.